The fraction of sp³-hybridized carbons (Fsp3) is 0.167. The molecule has 3 aromatic heterocycles. The molecule has 0 unspecified atom stereocenters. The molecule has 0 bridgehead atoms. The average molecular weight is 185 g/mol. The molecular formula is C12H11NO. The second kappa shape index (κ2) is 2.41. The van der Waals surface area contributed by atoms with Gasteiger partial charge in [-0.3, -0.25) is 0 Å². The summed E-state index contributed by atoms with van der Waals surface area (Å²) in [6.07, 6.45) is 2.07. The molecule has 2 nitrogen and oxygen atoms in total. The van der Waals surface area contributed by atoms with Crippen LogP contribution in [0.5, 0.6) is 0 Å². The van der Waals surface area contributed by atoms with Gasteiger partial charge < -0.3 is 8.82 Å². The van der Waals surface area contributed by atoms with E-state index in [4.69, 9.17) is 4.42 Å². The van der Waals surface area contributed by atoms with Gasteiger partial charge in [0.1, 0.15) is 5.76 Å². The van der Waals surface area contributed by atoms with Gasteiger partial charge in [-0.25, -0.2) is 0 Å². The largest absolute Gasteiger partial charge is 0.459 e. The third-order valence-electron chi connectivity index (χ3n) is 2.79. The quantitative estimate of drug-likeness (QED) is 0.525. The second-order valence-electron chi connectivity index (χ2n) is 3.64. The van der Waals surface area contributed by atoms with Crippen LogP contribution in [0.25, 0.3) is 16.6 Å². The number of furan rings is 1. The minimum absolute atomic E-state index is 0.978. The van der Waals surface area contributed by atoms with Gasteiger partial charge in [0.25, 0.3) is 0 Å². The average Bonchev–Trinajstić information content (AvgIpc) is 2.65. The first kappa shape index (κ1) is 7.68. The number of fused-ring (bicyclic) bond motifs is 3. The molecule has 0 aromatic carbocycles. The Balaban J connectivity index is 2.62. The van der Waals surface area contributed by atoms with E-state index in [-0.39, 0.29) is 0 Å². The molecule has 3 aromatic rings. The van der Waals surface area contributed by atoms with Crippen LogP contribution in [0.15, 0.2) is 34.9 Å². The van der Waals surface area contributed by atoms with Gasteiger partial charge in [-0.15, -0.1) is 0 Å². The van der Waals surface area contributed by atoms with E-state index in [1.54, 1.807) is 0 Å². The van der Waals surface area contributed by atoms with Crippen LogP contribution >= 0.6 is 0 Å². The molecule has 14 heavy (non-hydrogen) atoms. The van der Waals surface area contributed by atoms with E-state index in [1.807, 2.05) is 19.1 Å². The topological polar surface area (TPSA) is 17.6 Å². The molecule has 0 fully saturated rings. The van der Waals surface area contributed by atoms with Crippen LogP contribution < -0.4 is 0 Å². The molecule has 0 radical (unpaired) electrons. The number of hydrogen-bond acceptors (Lipinski definition) is 1. The zero-order valence-corrected chi connectivity index (χ0v) is 8.24. The van der Waals surface area contributed by atoms with E-state index in [2.05, 4.69) is 29.7 Å². The van der Waals surface area contributed by atoms with E-state index in [9.17, 15) is 0 Å². The van der Waals surface area contributed by atoms with Gasteiger partial charge in [0.2, 0.25) is 0 Å². The molecule has 2 heteroatoms. The van der Waals surface area contributed by atoms with E-state index in [0.717, 1.165) is 11.3 Å². The summed E-state index contributed by atoms with van der Waals surface area (Å²) >= 11 is 0. The summed E-state index contributed by atoms with van der Waals surface area (Å²) in [5.41, 5.74) is 4.58. The van der Waals surface area contributed by atoms with E-state index in [0.29, 0.717) is 0 Å². The number of rotatable bonds is 0. The molecule has 0 spiro atoms. The van der Waals surface area contributed by atoms with Crippen LogP contribution in [0.4, 0.5) is 0 Å². The first-order valence-corrected chi connectivity index (χ1v) is 4.73. The van der Waals surface area contributed by atoms with Crippen molar-refractivity contribution in [2.45, 2.75) is 13.8 Å². The van der Waals surface area contributed by atoms with Crippen molar-refractivity contribution in [2.75, 3.05) is 0 Å². The van der Waals surface area contributed by atoms with Gasteiger partial charge in [-0.05, 0) is 26.0 Å². The van der Waals surface area contributed by atoms with Gasteiger partial charge in [0, 0.05) is 23.3 Å². The summed E-state index contributed by atoms with van der Waals surface area (Å²) in [6.45, 7) is 4.10. The zero-order chi connectivity index (χ0) is 9.71. The predicted octanol–water partition coefficient (Wildman–Crippen LogP) is 3.30. The highest BCUT2D eigenvalue weighted by Crippen LogP contribution is 2.27. The molecule has 0 aliphatic rings. The van der Waals surface area contributed by atoms with Crippen LogP contribution in [0, 0.1) is 13.8 Å². The van der Waals surface area contributed by atoms with Crippen molar-refractivity contribution in [3.63, 3.8) is 0 Å². The van der Waals surface area contributed by atoms with Crippen molar-refractivity contribution >= 4 is 16.6 Å². The maximum atomic E-state index is 5.66. The summed E-state index contributed by atoms with van der Waals surface area (Å²) in [7, 11) is 0. The van der Waals surface area contributed by atoms with Crippen molar-refractivity contribution in [1.82, 2.24) is 4.40 Å². The van der Waals surface area contributed by atoms with Crippen molar-refractivity contribution in [1.29, 1.82) is 0 Å². The lowest BCUT2D eigenvalue weighted by atomic mass is 10.3. The van der Waals surface area contributed by atoms with E-state index in [1.165, 1.54) is 16.6 Å². The lowest BCUT2D eigenvalue weighted by Gasteiger charge is -1.94. The standard InChI is InChI=1S/C12H11NO/c1-8-9(2)14-11-7-10-5-3-4-6-13(10)12(8)11/h3-7H,1-2H3. The Morgan fingerprint density at radius 2 is 2.07 bits per heavy atom. The van der Waals surface area contributed by atoms with Gasteiger partial charge in [-0.2, -0.15) is 0 Å². The maximum Gasteiger partial charge on any atom is 0.153 e. The third-order valence-corrected chi connectivity index (χ3v) is 2.79. The summed E-state index contributed by atoms with van der Waals surface area (Å²) < 4.78 is 7.83. The number of aromatic nitrogens is 1. The van der Waals surface area contributed by atoms with Gasteiger partial charge in [-0.1, -0.05) is 6.07 Å². The normalized spacial score (nSPS) is 11.6. The SMILES string of the molecule is Cc1oc2cc3ccccn3c2c1C. The Kier molecular flexibility index (Phi) is 1.32. The van der Waals surface area contributed by atoms with Crippen molar-refractivity contribution < 1.29 is 4.42 Å². The Morgan fingerprint density at radius 1 is 1.21 bits per heavy atom. The van der Waals surface area contributed by atoms with Crippen molar-refractivity contribution in [3.05, 3.63) is 41.8 Å². The number of aryl methyl sites for hydroxylation is 2. The van der Waals surface area contributed by atoms with Crippen LogP contribution in [-0.2, 0) is 0 Å². The minimum Gasteiger partial charge on any atom is -0.459 e. The molecule has 0 saturated carbocycles. The first-order valence-electron chi connectivity index (χ1n) is 4.73. The highest BCUT2D eigenvalue weighted by atomic mass is 16.3. The van der Waals surface area contributed by atoms with Crippen LogP contribution in [0.1, 0.15) is 11.3 Å². The predicted molar refractivity (Wildman–Crippen MR) is 56.6 cm³/mol. The molecule has 0 N–H and O–H groups in total. The van der Waals surface area contributed by atoms with Gasteiger partial charge in [0.15, 0.2) is 5.58 Å². The fourth-order valence-electron chi connectivity index (χ4n) is 1.95. The molecule has 3 heterocycles. The number of pyridine rings is 1. The number of nitrogens with zero attached hydrogens (tertiary/aromatic N) is 1. The minimum atomic E-state index is 0.978. The van der Waals surface area contributed by atoms with Crippen LogP contribution in [0.2, 0.25) is 0 Å². The summed E-state index contributed by atoms with van der Waals surface area (Å²) in [5.74, 6) is 1.01. The lowest BCUT2D eigenvalue weighted by Crippen LogP contribution is -1.82. The molecule has 70 valence electrons. The van der Waals surface area contributed by atoms with Crippen molar-refractivity contribution in [2.24, 2.45) is 0 Å². The monoisotopic (exact) mass is 185 g/mol. The van der Waals surface area contributed by atoms with Gasteiger partial charge >= 0.3 is 0 Å². The maximum absolute atomic E-state index is 5.66. The van der Waals surface area contributed by atoms with E-state index < -0.39 is 0 Å². The van der Waals surface area contributed by atoms with Gasteiger partial charge in [0.05, 0.1) is 5.52 Å². The summed E-state index contributed by atoms with van der Waals surface area (Å²) in [5, 5.41) is 0. The molecular weight excluding hydrogens is 174 g/mol. The molecule has 0 aliphatic heterocycles. The highest BCUT2D eigenvalue weighted by molar-refractivity contribution is 5.86. The van der Waals surface area contributed by atoms with Crippen molar-refractivity contribution in [3.8, 4) is 0 Å². The van der Waals surface area contributed by atoms with E-state index >= 15 is 0 Å². The lowest BCUT2D eigenvalue weighted by molar-refractivity contribution is 0.575. The molecule has 0 atom stereocenters. The Bertz CT molecular complexity index is 616. The molecule has 0 amide bonds. The Morgan fingerprint density at radius 3 is 2.93 bits per heavy atom. The van der Waals surface area contributed by atoms with Crippen LogP contribution in [-0.4, -0.2) is 4.40 Å². The third kappa shape index (κ3) is 0.803. The Labute approximate surface area is 81.8 Å². The Hall–Kier alpha value is -1.70. The number of hydrogen-bond donors (Lipinski definition) is 0. The second-order valence-corrected chi connectivity index (χ2v) is 3.64. The summed E-state index contributed by atoms with van der Waals surface area (Å²) in [4.78, 5) is 0. The molecule has 3 rings (SSSR count). The molecule has 0 aliphatic carbocycles. The molecule has 0 saturated heterocycles. The van der Waals surface area contributed by atoms with Crippen LogP contribution in [0.3, 0.4) is 0 Å². The zero-order valence-electron chi connectivity index (χ0n) is 8.24. The summed E-state index contributed by atoms with van der Waals surface area (Å²) in [6, 6.07) is 8.24. The smallest absolute Gasteiger partial charge is 0.153 e. The highest BCUT2D eigenvalue weighted by Gasteiger charge is 2.11. The first-order chi connectivity index (χ1) is 6.77. The fourth-order valence-corrected chi connectivity index (χ4v) is 1.95.